The van der Waals surface area contributed by atoms with Crippen LogP contribution in [0.1, 0.15) is 6.92 Å². The maximum Gasteiger partial charge on any atom is 0.0704 e. The summed E-state index contributed by atoms with van der Waals surface area (Å²) in [4.78, 5) is 9.61. The van der Waals surface area contributed by atoms with Gasteiger partial charge in [-0.05, 0) is 6.92 Å². The zero-order chi connectivity index (χ0) is 6.57. The number of nitroso groups, excluding NO2 is 1. The molecule has 0 saturated heterocycles. The normalized spacial score (nSPS) is 12.9. The molecule has 0 aliphatic rings. The van der Waals surface area contributed by atoms with Crippen molar-refractivity contribution in [1.82, 2.24) is 5.01 Å². The molecule has 0 aliphatic carbocycles. The van der Waals surface area contributed by atoms with E-state index in [1.54, 1.807) is 6.92 Å². The molecule has 0 aliphatic heterocycles. The van der Waals surface area contributed by atoms with Crippen LogP contribution in [0.3, 0.4) is 0 Å². The number of hydrogen-bond acceptors (Lipinski definition) is 3. The predicted molar refractivity (Wildman–Crippen MR) is 30.1 cm³/mol. The molecule has 0 aromatic heterocycles. The van der Waals surface area contributed by atoms with Crippen molar-refractivity contribution < 1.29 is 5.11 Å². The largest absolute Gasteiger partial charge is 0.392 e. The maximum absolute atomic E-state index is 9.61. The monoisotopic (exact) mass is 118 g/mol. The lowest BCUT2D eigenvalue weighted by Crippen LogP contribution is -2.21. The third-order valence-electron chi connectivity index (χ3n) is 0.668. The summed E-state index contributed by atoms with van der Waals surface area (Å²) in [5.41, 5.74) is 0. The van der Waals surface area contributed by atoms with Crippen molar-refractivity contribution in [3.05, 3.63) is 4.91 Å². The van der Waals surface area contributed by atoms with E-state index in [1.807, 2.05) is 0 Å². The standard InChI is InChI=1S/C4H10N2O2/c1-4(7)3-6(2)5-8/h4,7H,3H2,1-2H3. The highest BCUT2D eigenvalue weighted by molar-refractivity contribution is 4.48. The van der Waals surface area contributed by atoms with Crippen LogP contribution in [0.25, 0.3) is 0 Å². The van der Waals surface area contributed by atoms with Crippen LogP contribution in [0.15, 0.2) is 5.29 Å². The fourth-order valence-corrected chi connectivity index (χ4v) is 0.416. The molecule has 0 bridgehead atoms. The Morgan fingerprint density at radius 3 is 2.50 bits per heavy atom. The van der Waals surface area contributed by atoms with Crippen molar-refractivity contribution in [2.24, 2.45) is 5.29 Å². The molecule has 4 heteroatoms. The van der Waals surface area contributed by atoms with Crippen LogP contribution in [0, 0.1) is 4.91 Å². The first-order valence-electron chi connectivity index (χ1n) is 2.39. The van der Waals surface area contributed by atoms with Crippen molar-refractivity contribution in [1.29, 1.82) is 0 Å². The van der Waals surface area contributed by atoms with E-state index in [-0.39, 0.29) is 0 Å². The number of aliphatic hydroxyl groups is 1. The van der Waals surface area contributed by atoms with Gasteiger partial charge < -0.3 is 5.11 Å². The highest BCUT2D eigenvalue weighted by Gasteiger charge is 1.98. The zero-order valence-corrected chi connectivity index (χ0v) is 5.03. The van der Waals surface area contributed by atoms with E-state index in [0.717, 1.165) is 5.01 Å². The Kier molecular flexibility index (Phi) is 3.10. The minimum Gasteiger partial charge on any atom is -0.392 e. The van der Waals surface area contributed by atoms with Crippen LogP contribution in [0.2, 0.25) is 0 Å². The average molecular weight is 118 g/mol. The van der Waals surface area contributed by atoms with Gasteiger partial charge in [0.05, 0.1) is 17.9 Å². The van der Waals surface area contributed by atoms with Crippen molar-refractivity contribution in [2.75, 3.05) is 13.6 Å². The molecule has 0 heterocycles. The van der Waals surface area contributed by atoms with Crippen LogP contribution >= 0.6 is 0 Å². The van der Waals surface area contributed by atoms with Gasteiger partial charge in [0.25, 0.3) is 0 Å². The molecule has 4 nitrogen and oxygen atoms in total. The van der Waals surface area contributed by atoms with Gasteiger partial charge in [-0.2, -0.15) is 0 Å². The van der Waals surface area contributed by atoms with Crippen LogP contribution in [-0.4, -0.2) is 29.8 Å². The summed E-state index contributed by atoms with van der Waals surface area (Å²) in [6, 6.07) is 0. The first kappa shape index (κ1) is 7.36. The van der Waals surface area contributed by atoms with Gasteiger partial charge in [-0.1, -0.05) is 0 Å². The second-order valence-corrected chi connectivity index (χ2v) is 1.77. The Bertz CT molecular complexity index is 74.4. The third kappa shape index (κ3) is 3.55. The SMILES string of the molecule is CC(O)CN(C)N=O. The summed E-state index contributed by atoms with van der Waals surface area (Å²) >= 11 is 0. The summed E-state index contributed by atoms with van der Waals surface area (Å²) < 4.78 is 0. The molecule has 1 N–H and O–H groups in total. The first-order valence-corrected chi connectivity index (χ1v) is 2.39. The van der Waals surface area contributed by atoms with Crippen molar-refractivity contribution >= 4 is 0 Å². The Morgan fingerprint density at radius 1 is 1.88 bits per heavy atom. The van der Waals surface area contributed by atoms with E-state index in [9.17, 15) is 4.91 Å². The van der Waals surface area contributed by atoms with Gasteiger partial charge in [0.2, 0.25) is 0 Å². The topological polar surface area (TPSA) is 52.9 Å². The molecule has 1 unspecified atom stereocenters. The minimum absolute atomic E-state index is 0.295. The molecule has 0 spiro atoms. The van der Waals surface area contributed by atoms with E-state index >= 15 is 0 Å². The van der Waals surface area contributed by atoms with Gasteiger partial charge >= 0.3 is 0 Å². The molecular formula is C4H10N2O2. The van der Waals surface area contributed by atoms with Crippen molar-refractivity contribution in [2.45, 2.75) is 13.0 Å². The number of hydrogen-bond donors (Lipinski definition) is 1. The molecule has 1 atom stereocenters. The molecule has 0 fully saturated rings. The summed E-state index contributed by atoms with van der Waals surface area (Å²) in [5.74, 6) is 0. The quantitative estimate of drug-likeness (QED) is 0.418. The zero-order valence-electron chi connectivity index (χ0n) is 5.03. The lowest BCUT2D eigenvalue weighted by atomic mass is 10.4. The Morgan fingerprint density at radius 2 is 2.38 bits per heavy atom. The summed E-state index contributed by atoms with van der Waals surface area (Å²) in [7, 11) is 1.51. The predicted octanol–water partition coefficient (Wildman–Crippen LogP) is -0.0196. The average Bonchev–Trinajstić information content (AvgIpc) is 1.65. The first-order chi connectivity index (χ1) is 3.66. The van der Waals surface area contributed by atoms with Crippen molar-refractivity contribution in [3.8, 4) is 0 Å². The molecule has 0 aromatic carbocycles. The van der Waals surface area contributed by atoms with Crippen molar-refractivity contribution in [3.63, 3.8) is 0 Å². The molecule has 0 saturated carbocycles. The molecule has 0 aromatic rings. The summed E-state index contributed by atoms with van der Waals surface area (Å²) in [6.07, 6.45) is -0.488. The van der Waals surface area contributed by atoms with Gasteiger partial charge in [-0.25, -0.2) is 0 Å². The Hall–Kier alpha value is -0.640. The maximum atomic E-state index is 9.61. The van der Waals surface area contributed by atoms with E-state index < -0.39 is 6.10 Å². The molecule has 0 radical (unpaired) electrons. The van der Waals surface area contributed by atoms with Gasteiger partial charge in [0.1, 0.15) is 0 Å². The second kappa shape index (κ2) is 3.37. The van der Waals surface area contributed by atoms with E-state index in [4.69, 9.17) is 5.11 Å². The number of aliphatic hydroxyl groups excluding tert-OH is 1. The fourth-order valence-electron chi connectivity index (χ4n) is 0.416. The Labute approximate surface area is 48.1 Å². The van der Waals surface area contributed by atoms with Gasteiger partial charge in [-0.3, -0.25) is 5.01 Å². The molecular weight excluding hydrogens is 108 g/mol. The number of rotatable bonds is 3. The van der Waals surface area contributed by atoms with Crippen LogP contribution in [0.5, 0.6) is 0 Å². The highest BCUT2D eigenvalue weighted by Crippen LogP contribution is 1.85. The molecule has 0 rings (SSSR count). The fraction of sp³-hybridized carbons (Fsp3) is 1.00. The number of likely N-dealkylation sites (N-methyl/N-ethyl adjacent to an activating group) is 1. The van der Waals surface area contributed by atoms with E-state index in [2.05, 4.69) is 5.29 Å². The van der Waals surface area contributed by atoms with E-state index in [0.29, 0.717) is 6.54 Å². The van der Waals surface area contributed by atoms with Crippen LogP contribution in [0.4, 0.5) is 0 Å². The van der Waals surface area contributed by atoms with Crippen LogP contribution < -0.4 is 0 Å². The lowest BCUT2D eigenvalue weighted by Gasteiger charge is -2.08. The van der Waals surface area contributed by atoms with Gasteiger partial charge in [-0.15, -0.1) is 4.91 Å². The molecule has 48 valence electrons. The minimum atomic E-state index is -0.488. The highest BCUT2D eigenvalue weighted by atomic mass is 16.3. The van der Waals surface area contributed by atoms with E-state index in [1.165, 1.54) is 7.05 Å². The summed E-state index contributed by atoms with van der Waals surface area (Å²) in [6.45, 7) is 1.89. The van der Waals surface area contributed by atoms with Gasteiger partial charge in [0, 0.05) is 7.05 Å². The smallest absolute Gasteiger partial charge is 0.0704 e. The molecule has 0 amide bonds. The Balaban J connectivity index is 3.23. The molecule has 8 heavy (non-hydrogen) atoms. The number of nitrogens with zero attached hydrogens (tertiary/aromatic N) is 2. The second-order valence-electron chi connectivity index (χ2n) is 1.77. The third-order valence-corrected chi connectivity index (χ3v) is 0.668. The summed E-state index contributed by atoms with van der Waals surface area (Å²) in [5, 5.41) is 12.3. The van der Waals surface area contributed by atoms with Gasteiger partial charge in [0.15, 0.2) is 0 Å². The van der Waals surface area contributed by atoms with Crippen LogP contribution in [-0.2, 0) is 0 Å². The lowest BCUT2D eigenvalue weighted by molar-refractivity contribution is 0.143.